The van der Waals surface area contributed by atoms with Gasteiger partial charge in [-0.05, 0) is 62.6 Å². The fourth-order valence-corrected chi connectivity index (χ4v) is 4.16. The summed E-state index contributed by atoms with van der Waals surface area (Å²) in [4.78, 5) is 27.3. The van der Waals surface area contributed by atoms with Gasteiger partial charge in [0.25, 0.3) is 5.91 Å². The fourth-order valence-electron chi connectivity index (χ4n) is 4.16. The molecule has 0 bridgehead atoms. The van der Waals surface area contributed by atoms with E-state index in [0.717, 1.165) is 22.1 Å². The van der Waals surface area contributed by atoms with Gasteiger partial charge in [-0.2, -0.15) is 15.0 Å². The molecule has 2 aromatic carbocycles. The van der Waals surface area contributed by atoms with Crippen LogP contribution in [-0.4, -0.2) is 45.9 Å². The van der Waals surface area contributed by atoms with Crippen LogP contribution in [0.15, 0.2) is 42.5 Å². The van der Waals surface area contributed by atoms with Crippen LogP contribution in [0.25, 0.3) is 22.0 Å². The number of hydrogen-bond acceptors (Lipinski definition) is 6. The number of aromatic nitrogens is 2. The zero-order chi connectivity index (χ0) is 24.8. The van der Waals surface area contributed by atoms with Gasteiger partial charge < -0.3 is 14.4 Å². The number of aryl methyl sites for hydroxylation is 1. The molecule has 0 radical (unpaired) electrons. The topological polar surface area (TPSA) is 97.5 Å². The number of carbonyl (C=O) groups excluding carboxylic acids is 2. The molecule has 8 nitrogen and oxygen atoms in total. The second kappa shape index (κ2) is 8.34. The smallest absolute Gasteiger partial charge is 0.435 e. The third kappa shape index (κ3) is 4.01. The number of nitrogens with zero attached hydrogens (tertiary/aromatic N) is 4. The van der Waals surface area contributed by atoms with Gasteiger partial charge in [-0.25, -0.2) is 4.79 Å². The van der Waals surface area contributed by atoms with Crippen molar-refractivity contribution in [1.29, 1.82) is 5.26 Å². The standard InChI is InChI=1S/C26H26N4O4/c1-15(12-27)13-29-14-20-18(8-10-22(33-6)23(20)24(29)31)17-7-9-21-19(11-17)16(2)28-30(21)25(32)34-26(3,4)5/h7-11H,1,13-14H2,2-6H3. The molecule has 0 N–H and O–H groups in total. The van der Waals surface area contributed by atoms with Crippen LogP contribution in [0.2, 0.25) is 0 Å². The molecule has 0 aliphatic carbocycles. The van der Waals surface area contributed by atoms with Gasteiger partial charge in [0.2, 0.25) is 0 Å². The Morgan fingerprint density at radius 2 is 2.00 bits per heavy atom. The number of amides is 1. The third-order valence-corrected chi connectivity index (χ3v) is 5.63. The lowest BCUT2D eigenvalue weighted by Crippen LogP contribution is -2.27. The number of ether oxygens (including phenoxy) is 2. The second-order valence-electron chi connectivity index (χ2n) is 9.25. The molecule has 3 aromatic rings. The molecule has 0 atom stereocenters. The molecule has 2 heterocycles. The van der Waals surface area contributed by atoms with Gasteiger partial charge >= 0.3 is 6.09 Å². The minimum absolute atomic E-state index is 0.160. The van der Waals surface area contributed by atoms with Gasteiger partial charge in [-0.1, -0.05) is 18.7 Å². The van der Waals surface area contributed by atoms with E-state index in [1.54, 1.807) is 11.0 Å². The Kier molecular flexibility index (Phi) is 5.65. The van der Waals surface area contributed by atoms with E-state index in [0.29, 0.717) is 34.6 Å². The van der Waals surface area contributed by atoms with Crippen molar-refractivity contribution >= 4 is 22.9 Å². The Balaban J connectivity index is 1.79. The average molecular weight is 459 g/mol. The van der Waals surface area contributed by atoms with E-state index in [1.807, 2.05) is 58.0 Å². The summed E-state index contributed by atoms with van der Waals surface area (Å²) < 4.78 is 12.2. The van der Waals surface area contributed by atoms with Crippen molar-refractivity contribution in [3.63, 3.8) is 0 Å². The van der Waals surface area contributed by atoms with E-state index >= 15 is 0 Å². The molecule has 0 saturated carbocycles. The normalized spacial score (nSPS) is 13.1. The number of methoxy groups -OCH3 is 1. The summed E-state index contributed by atoms with van der Waals surface area (Å²) in [5.41, 5.74) is 4.08. The molecule has 1 amide bonds. The number of rotatable bonds is 4. The highest BCUT2D eigenvalue weighted by atomic mass is 16.6. The predicted molar refractivity (Wildman–Crippen MR) is 128 cm³/mol. The summed E-state index contributed by atoms with van der Waals surface area (Å²) in [5, 5.41) is 14.3. The molecule has 8 heteroatoms. The van der Waals surface area contributed by atoms with E-state index in [4.69, 9.17) is 14.7 Å². The van der Waals surface area contributed by atoms with Crippen molar-refractivity contribution in [1.82, 2.24) is 14.7 Å². The second-order valence-corrected chi connectivity index (χ2v) is 9.25. The van der Waals surface area contributed by atoms with E-state index in [1.165, 1.54) is 11.8 Å². The highest BCUT2D eigenvalue weighted by Gasteiger charge is 2.33. The van der Waals surface area contributed by atoms with Gasteiger partial charge in [0.05, 0.1) is 36.5 Å². The quantitative estimate of drug-likeness (QED) is 0.519. The van der Waals surface area contributed by atoms with Gasteiger partial charge in [0.15, 0.2) is 0 Å². The first kappa shape index (κ1) is 23.1. The Bertz CT molecular complexity index is 1390. The Hall–Kier alpha value is -4.12. The van der Waals surface area contributed by atoms with E-state index < -0.39 is 11.7 Å². The lowest BCUT2D eigenvalue weighted by molar-refractivity contribution is 0.0522. The Labute approximate surface area is 198 Å². The lowest BCUT2D eigenvalue weighted by atomic mass is 9.95. The van der Waals surface area contributed by atoms with Crippen LogP contribution < -0.4 is 4.74 Å². The molecular weight excluding hydrogens is 432 g/mol. The maximum atomic E-state index is 13.1. The maximum absolute atomic E-state index is 13.1. The highest BCUT2D eigenvalue weighted by molar-refractivity contribution is 6.04. The minimum atomic E-state index is -0.637. The molecule has 0 spiro atoms. The summed E-state index contributed by atoms with van der Waals surface area (Å²) in [6.45, 7) is 11.5. The molecule has 0 saturated heterocycles. The summed E-state index contributed by atoms with van der Waals surface area (Å²) in [7, 11) is 1.53. The molecule has 1 aliphatic rings. The van der Waals surface area contributed by atoms with Crippen molar-refractivity contribution in [2.75, 3.05) is 13.7 Å². The number of carbonyl (C=O) groups is 2. The van der Waals surface area contributed by atoms with E-state index in [9.17, 15) is 9.59 Å². The number of nitriles is 1. The number of benzene rings is 2. The first-order valence-electron chi connectivity index (χ1n) is 10.8. The zero-order valence-electron chi connectivity index (χ0n) is 19.9. The van der Waals surface area contributed by atoms with Crippen molar-refractivity contribution in [2.24, 2.45) is 0 Å². The van der Waals surface area contributed by atoms with Crippen LogP contribution in [0.5, 0.6) is 5.75 Å². The molecular formula is C26H26N4O4. The third-order valence-electron chi connectivity index (χ3n) is 5.63. The van der Waals surface area contributed by atoms with E-state index in [2.05, 4.69) is 11.7 Å². The van der Waals surface area contributed by atoms with Gasteiger partial charge in [-0.3, -0.25) is 4.79 Å². The first-order chi connectivity index (χ1) is 16.0. The largest absolute Gasteiger partial charge is 0.496 e. The van der Waals surface area contributed by atoms with Crippen LogP contribution in [0, 0.1) is 18.3 Å². The van der Waals surface area contributed by atoms with E-state index in [-0.39, 0.29) is 12.5 Å². The Morgan fingerprint density at radius 3 is 2.65 bits per heavy atom. The monoisotopic (exact) mass is 458 g/mol. The highest BCUT2D eigenvalue weighted by Crippen LogP contribution is 2.39. The Morgan fingerprint density at radius 1 is 1.26 bits per heavy atom. The number of hydrogen-bond donors (Lipinski definition) is 0. The summed E-state index contributed by atoms with van der Waals surface area (Å²) in [6, 6.07) is 11.4. The zero-order valence-corrected chi connectivity index (χ0v) is 19.9. The SMILES string of the molecule is C=C(C#N)CN1Cc2c(-c3ccc4c(c3)c(C)nn4C(=O)OC(C)(C)C)ccc(OC)c2C1=O. The molecule has 4 rings (SSSR count). The summed E-state index contributed by atoms with van der Waals surface area (Å²) >= 11 is 0. The molecule has 0 unspecified atom stereocenters. The van der Waals surface area contributed by atoms with Crippen molar-refractivity contribution in [3.05, 3.63) is 59.3 Å². The predicted octanol–water partition coefficient (Wildman–Crippen LogP) is 4.84. The van der Waals surface area contributed by atoms with Gasteiger partial charge in [-0.15, -0.1) is 0 Å². The van der Waals surface area contributed by atoms with Crippen molar-refractivity contribution in [3.8, 4) is 22.9 Å². The molecule has 34 heavy (non-hydrogen) atoms. The van der Waals surface area contributed by atoms with Gasteiger partial charge in [0, 0.05) is 17.5 Å². The molecule has 174 valence electrons. The van der Waals surface area contributed by atoms with Crippen LogP contribution >= 0.6 is 0 Å². The minimum Gasteiger partial charge on any atom is -0.496 e. The van der Waals surface area contributed by atoms with Crippen molar-refractivity contribution in [2.45, 2.75) is 39.8 Å². The fraction of sp³-hybridized carbons (Fsp3) is 0.308. The summed E-state index contributed by atoms with van der Waals surface area (Å²) in [5.74, 6) is 0.295. The summed E-state index contributed by atoms with van der Waals surface area (Å²) in [6.07, 6.45) is -0.539. The number of fused-ring (bicyclic) bond motifs is 2. The van der Waals surface area contributed by atoms with Crippen LogP contribution in [0.1, 0.15) is 42.4 Å². The van der Waals surface area contributed by atoms with Crippen molar-refractivity contribution < 1.29 is 19.1 Å². The van der Waals surface area contributed by atoms with Crippen LogP contribution in [-0.2, 0) is 11.3 Å². The average Bonchev–Trinajstić information content (AvgIpc) is 3.29. The van der Waals surface area contributed by atoms with Gasteiger partial charge in [0.1, 0.15) is 11.4 Å². The lowest BCUT2D eigenvalue weighted by Gasteiger charge is -2.19. The van der Waals surface area contributed by atoms with Crippen LogP contribution in [0.3, 0.4) is 0 Å². The maximum Gasteiger partial charge on any atom is 0.435 e. The molecule has 1 aromatic heterocycles. The van der Waals surface area contributed by atoms with Crippen LogP contribution in [0.4, 0.5) is 4.79 Å². The molecule has 1 aliphatic heterocycles. The molecule has 0 fully saturated rings. The first-order valence-corrected chi connectivity index (χ1v) is 10.8.